The average molecular weight is 454 g/mol. The molecule has 2 aliphatic rings. The number of pyridine rings is 1. The molecule has 1 atom stereocenters. The van der Waals surface area contributed by atoms with Crippen molar-refractivity contribution in [2.75, 3.05) is 5.32 Å². The topological polar surface area (TPSA) is 71.1 Å². The van der Waals surface area contributed by atoms with Crippen LogP contribution in [0.5, 0.6) is 0 Å². The summed E-state index contributed by atoms with van der Waals surface area (Å²) < 4.78 is 15.1. The number of Topliss-reactive ketones (excluding diaryl/α,β-unsaturated/α-hetero) is 1. The number of hydrogen-bond donors (Lipinski definition) is 2. The van der Waals surface area contributed by atoms with Crippen molar-refractivity contribution < 1.29 is 14.0 Å². The predicted octanol–water partition coefficient (Wildman–Crippen LogP) is 5.43. The standard InChI is InChI=1S/C25H25ClFN3O2/c1-13-8-9-19(28-12-13)30-24(32)20-14(2)29-17-10-25(3,4)11-18(31)22(17)23(20)21-15(26)6-5-7-16(21)27/h5-9,12,23,29H,10-11H2,1-4H3,(H,28,30,32). The molecule has 0 saturated carbocycles. The van der Waals surface area contributed by atoms with E-state index in [0.717, 1.165) is 11.3 Å². The summed E-state index contributed by atoms with van der Waals surface area (Å²) in [6, 6.07) is 7.92. The number of dihydropyridines is 1. The molecule has 0 radical (unpaired) electrons. The van der Waals surface area contributed by atoms with Crippen LogP contribution < -0.4 is 10.6 Å². The summed E-state index contributed by atoms with van der Waals surface area (Å²) in [6.45, 7) is 7.70. The van der Waals surface area contributed by atoms with Gasteiger partial charge in [-0.1, -0.05) is 37.6 Å². The number of nitrogens with one attached hydrogen (secondary N) is 2. The number of ketones is 1. The molecule has 0 spiro atoms. The molecule has 1 aliphatic carbocycles. The van der Waals surface area contributed by atoms with Crippen molar-refractivity contribution in [1.29, 1.82) is 0 Å². The molecule has 0 fully saturated rings. The van der Waals surface area contributed by atoms with Crippen molar-refractivity contribution in [3.8, 4) is 0 Å². The predicted molar refractivity (Wildman–Crippen MR) is 123 cm³/mol. The summed E-state index contributed by atoms with van der Waals surface area (Å²) in [5, 5.41) is 6.22. The molecule has 32 heavy (non-hydrogen) atoms. The number of allylic oxidation sites excluding steroid dienone is 3. The van der Waals surface area contributed by atoms with Crippen LogP contribution in [0.25, 0.3) is 0 Å². The van der Waals surface area contributed by atoms with Crippen LogP contribution in [-0.4, -0.2) is 16.7 Å². The van der Waals surface area contributed by atoms with Crippen LogP contribution in [0.3, 0.4) is 0 Å². The van der Waals surface area contributed by atoms with E-state index in [2.05, 4.69) is 15.6 Å². The Kier molecular flexibility index (Phi) is 5.67. The fourth-order valence-electron chi connectivity index (χ4n) is 4.54. The van der Waals surface area contributed by atoms with Gasteiger partial charge in [-0.05, 0) is 49.4 Å². The number of carbonyl (C=O) groups is 2. The third-order valence-corrected chi connectivity index (χ3v) is 6.26. The highest BCUT2D eigenvalue weighted by atomic mass is 35.5. The zero-order valence-electron chi connectivity index (χ0n) is 18.5. The van der Waals surface area contributed by atoms with E-state index in [9.17, 15) is 9.59 Å². The zero-order valence-corrected chi connectivity index (χ0v) is 19.2. The molecular formula is C25H25ClFN3O2. The Labute approximate surface area is 191 Å². The van der Waals surface area contributed by atoms with Gasteiger partial charge in [0.1, 0.15) is 11.6 Å². The van der Waals surface area contributed by atoms with E-state index < -0.39 is 17.6 Å². The Morgan fingerprint density at radius 3 is 2.62 bits per heavy atom. The summed E-state index contributed by atoms with van der Waals surface area (Å²) >= 11 is 6.43. The SMILES string of the molecule is CC1=C(C(=O)Nc2ccc(C)cn2)C(c2c(F)cccc2Cl)C2=C(CC(C)(C)CC2=O)N1. The van der Waals surface area contributed by atoms with Crippen molar-refractivity contribution in [2.45, 2.75) is 46.5 Å². The van der Waals surface area contributed by atoms with Crippen molar-refractivity contribution in [3.05, 3.63) is 81.0 Å². The first kappa shape index (κ1) is 22.2. The van der Waals surface area contributed by atoms with E-state index in [4.69, 9.17) is 11.6 Å². The molecule has 1 unspecified atom stereocenters. The van der Waals surface area contributed by atoms with Gasteiger partial charge in [0.15, 0.2) is 5.78 Å². The second kappa shape index (κ2) is 8.17. The number of halogens is 2. The average Bonchev–Trinajstić information content (AvgIpc) is 2.68. The number of rotatable bonds is 3. The summed E-state index contributed by atoms with van der Waals surface area (Å²) in [4.78, 5) is 31.0. The Morgan fingerprint density at radius 2 is 1.97 bits per heavy atom. The third-order valence-electron chi connectivity index (χ3n) is 5.93. The largest absolute Gasteiger partial charge is 0.362 e. The second-order valence-electron chi connectivity index (χ2n) is 9.24. The first-order valence-electron chi connectivity index (χ1n) is 10.5. The Morgan fingerprint density at radius 1 is 1.22 bits per heavy atom. The first-order chi connectivity index (χ1) is 15.1. The first-order valence-corrected chi connectivity index (χ1v) is 10.9. The fraction of sp³-hybridized carbons (Fsp3) is 0.320. The minimum atomic E-state index is -0.908. The minimum Gasteiger partial charge on any atom is -0.362 e. The quantitative estimate of drug-likeness (QED) is 0.650. The molecule has 2 aromatic rings. The van der Waals surface area contributed by atoms with E-state index in [1.165, 1.54) is 12.1 Å². The summed E-state index contributed by atoms with van der Waals surface area (Å²) in [6.07, 6.45) is 2.57. The van der Waals surface area contributed by atoms with E-state index in [1.54, 1.807) is 25.3 Å². The monoisotopic (exact) mass is 453 g/mol. The number of amides is 1. The van der Waals surface area contributed by atoms with Crippen LogP contribution in [0.15, 0.2) is 59.1 Å². The lowest BCUT2D eigenvalue weighted by Crippen LogP contribution is -2.39. The van der Waals surface area contributed by atoms with Crippen LogP contribution >= 0.6 is 11.6 Å². The molecule has 1 aromatic heterocycles. The van der Waals surface area contributed by atoms with E-state index >= 15 is 4.39 Å². The van der Waals surface area contributed by atoms with Crippen LogP contribution in [0, 0.1) is 18.2 Å². The van der Waals surface area contributed by atoms with E-state index in [0.29, 0.717) is 29.9 Å². The summed E-state index contributed by atoms with van der Waals surface area (Å²) in [7, 11) is 0. The highest BCUT2D eigenvalue weighted by Crippen LogP contribution is 2.48. The van der Waals surface area contributed by atoms with E-state index in [1.807, 2.05) is 26.8 Å². The maximum atomic E-state index is 15.1. The molecule has 1 amide bonds. The molecule has 1 aliphatic heterocycles. The molecule has 7 heteroatoms. The lowest BCUT2D eigenvalue weighted by molar-refractivity contribution is -0.118. The molecule has 4 rings (SSSR count). The second-order valence-corrected chi connectivity index (χ2v) is 9.65. The van der Waals surface area contributed by atoms with Crippen LogP contribution in [0.4, 0.5) is 10.2 Å². The normalized spacial score (nSPS) is 20.1. The minimum absolute atomic E-state index is 0.112. The number of aromatic nitrogens is 1. The van der Waals surface area contributed by atoms with Gasteiger partial charge >= 0.3 is 0 Å². The van der Waals surface area contributed by atoms with Gasteiger partial charge < -0.3 is 10.6 Å². The number of aryl methyl sites for hydroxylation is 1. The molecule has 2 N–H and O–H groups in total. The third kappa shape index (κ3) is 4.07. The number of carbonyl (C=O) groups excluding carboxylic acids is 2. The van der Waals surface area contributed by atoms with E-state index in [-0.39, 0.29) is 27.4 Å². The number of anilines is 1. The van der Waals surface area contributed by atoms with Gasteiger partial charge in [-0.15, -0.1) is 0 Å². The van der Waals surface area contributed by atoms with Gasteiger partial charge in [0, 0.05) is 45.7 Å². The van der Waals surface area contributed by atoms with Gasteiger partial charge in [-0.2, -0.15) is 0 Å². The smallest absolute Gasteiger partial charge is 0.255 e. The highest BCUT2D eigenvalue weighted by molar-refractivity contribution is 6.31. The van der Waals surface area contributed by atoms with Crippen molar-refractivity contribution in [2.24, 2.45) is 5.41 Å². The molecule has 2 heterocycles. The molecule has 0 bridgehead atoms. The van der Waals surface area contributed by atoms with Gasteiger partial charge in [-0.3, -0.25) is 9.59 Å². The van der Waals surface area contributed by atoms with Crippen molar-refractivity contribution in [3.63, 3.8) is 0 Å². The van der Waals surface area contributed by atoms with Crippen LogP contribution in [-0.2, 0) is 9.59 Å². The van der Waals surface area contributed by atoms with Crippen molar-refractivity contribution in [1.82, 2.24) is 10.3 Å². The van der Waals surface area contributed by atoms with Gasteiger partial charge in [-0.25, -0.2) is 9.37 Å². The highest BCUT2D eigenvalue weighted by Gasteiger charge is 2.44. The molecule has 166 valence electrons. The van der Waals surface area contributed by atoms with Crippen LogP contribution in [0.2, 0.25) is 5.02 Å². The Balaban J connectivity index is 1.85. The van der Waals surface area contributed by atoms with Crippen molar-refractivity contribution >= 4 is 29.1 Å². The maximum absolute atomic E-state index is 15.1. The molecule has 0 saturated heterocycles. The summed E-state index contributed by atoms with van der Waals surface area (Å²) in [5.41, 5.74) is 2.80. The van der Waals surface area contributed by atoms with Crippen LogP contribution in [0.1, 0.15) is 50.7 Å². The Bertz CT molecular complexity index is 1160. The van der Waals surface area contributed by atoms with Gasteiger partial charge in [0.2, 0.25) is 0 Å². The molecule has 1 aromatic carbocycles. The maximum Gasteiger partial charge on any atom is 0.255 e. The molecule has 5 nitrogen and oxygen atoms in total. The number of hydrogen-bond acceptors (Lipinski definition) is 4. The Hall–Kier alpha value is -2.99. The lowest BCUT2D eigenvalue weighted by Gasteiger charge is -2.39. The molecular weight excluding hydrogens is 429 g/mol. The fourth-order valence-corrected chi connectivity index (χ4v) is 4.81. The van der Waals surface area contributed by atoms with Gasteiger partial charge in [0.05, 0.1) is 5.92 Å². The summed E-state index contributed by atoms with van der Waals surface area (Å²) in [5.74, 6) is -1.66. The van der Waals surface area contributed by atoms with Gasteiger partial charge in [0.25, 0.3) is 5.91 Å². The lowest BCUT2D eigenvalue weighted by atomic mass is 9.68. The number of benzene rings is 1. The zero-order chi connectivity index (χ0) is 23.2. The number of nitrogens with zero attached hydrogens (tertiary/aromatic N) is 1.